The molecule has 28 heavy (non-hydrogen) atoms. The van der Waals surface area contributed by atoms with Gasteiger partial charge in [0.2, 0.25) is 6.71 Å². The zero-order valence-electron chi connectivity index (χ0n) is 16.4. The van der Waals surface area contributed by atoms with Crippen molar-refractivity contribution < 1.29 is 0 Å². The minimum Gasteiger partial charge on any atom is -0.383 e. The molecule has 4 aromatic rings. The predicted octanol–water partition coefficient (Wildman–Crippen LogP) is 3.48. The maximum absolute atomic E-state index is 5.51. The molecule has 3 aromatic carbocycles. The summed E-state index contributed by atoms with van der Waals surface area (Å²) in [4.78, 5) is 3.92. The largest absolute Gasteiger partial charge is 0.383 e. The van der Waals surface area contributed by atoms with E-state index in [1.807, 2.05) is 19.9 Å². The van der Waals surface area contributed by atoms with Gasteiger partial charge in [-0.15, -0.1) is 0 Å². The van der Waals surface area contributed by atoms with Gasteiger partial charge in [-0.2, -0.15) is 0 Å². The highest BCUT2D eigenvalue weighted by atomic mass is 14.8. The van der Waals surface area contributed by atoms with Crippen molar-refractivity contribution in [1.29, 1.82) is 0 Å². The van der Waals surface area contributed by atoms with E-state index in [1.54, 1.807) is 6.20 Å². The van der Waals surface area contributed by atoms with Crippen molar-refractivity contribution >= 4 is 28.9 Å². The van der Waals surface area contributed by atoms with Crippen molar-refractivity contribution in [3.8, 4) is 0 Å². The van der Waals surface area contributed by atoms with Gasteiger partial charge in [0, 0.05) is 6.20 Å². The number of anilines is 1. The lowest BCUT2D eigenvalue weighted by atomic mass is 9.37. The lowest BCUT2D eigenvalue weighted by Gasteiger charge is -2.15. The van der Waals surface area contributed by atoms with Crippen LogP contribution >= 0.6 is 0 Å². The topological polar surface area (TPSA) is 38.9 Å². The molecule has 0 amide bonds. The SMILES string of the molecule is Cc1ccnc(N)c1C.c1ccc(B(c2ccccc2)c2ccccc2)cc1. The van der Waals surface area contributed by atoms with Gasteiger partial charge in [0.25, 0.3) is 0 Å². The van der Waals surface area contributed by atoms with E-state index in [0.717, 1.165) is 5.56 Å². The molecule has 0 saturated carbocycles. The molecule has 0 spiro atoms. The number of rotatable bonds is 3. The Morgan fingerprint density at radius 3 is 1.32 bits per heavy atom. The first-order valence-electron chi connectivity index (χ1n) is 9.49. The fraction of sp³-hybridized carbons (Fsp3) is 0.0800. The Kier molecular flexibility index (Phi) is 6.64. The van der Waals surface area contributed by atoms with Gasteiger partial charge in [0.1, 0.15) is 5.82 Å². The van der Waals surface area contributed by atoms with Crippen LogP contribution < -0.4 is 22.1 Å². The Hall–Kier alpha value is -3.33. The summed E-state index contributed by atoms with van der Waals surface area (Å²) in [6, 6.07) is 34.0. The second-order valence-electron chi connectivity index (χ2n) is 6.80. The number of hydrogen-bond acceptors (Lipinski definition) is 2. The van der Waals surface area contributed by atoms with Crippen LogP contribution in [0.15, 0.2) is 103 Å². The van der Waals surface area contributed by atoms with Crippen LogP contribution in [0.5, 0.6) is 0 Å². The van der Waals surface area contributed by atoms with Gasteiger partial charge in [-0.1, -0.05) is 107 Å². The molecule has 0 aliphatic carbocycles. The monoisotopic (exact) mass is 364 g/mol. The summed E-state index contributed by atoms with van der Waals surface area (Å²) < 4.78 is 0. The molecule has 0 fully saturated rings. The molecule has 0 saturated heterocycles. The molecule has 1 heterocycles. The fourth-order valence-electron chi connectivity index (χ4n) is 3.17. The first-order chi connectivity index (χ1) is 13.7. The lowest BCUT2D eigenvalue weighted by molar-refractivity contribution is 1.23. The number of aryl methyl sites for hydroxylation is 1. The van der Waals surface area contributed by atoms with Crippen molar-refractivity contribution in [2.75, 3.05) is 5.73 Å². The van der Waals surface area contributed by atoms with Gasteiger partial charge in [-0.25, -0.2) is 4.98 Å². The van der Waals surface area contributed by atoms with Crippen molar-refractivity contribution in [1.82, 2.24) is 4.98 Å². The van der Waals surface area contributed by atoms with E-state index >= 15 is 0 Å². The summed E-state index contributed by atoms with van der Waals surface area (Å²) >= 11 is 0. The number of benzene rings is 3. The van der Waals surface area contributed by atoms with Crippen LogP contribution in [0.25, 0.3) is 0 Å². The molecule has 0 unspecified atom stereocenters. The molecule has 0 atom stereocenters. The van der Waals surface area contributed by atoms with E-state index in [0.29, 0.717) is 12.5 Å². The van der Waals surface area contributed by atoms with E-state index in [-0.39, 0.29) is 0 Å². The Morgan fingerprint density at radius 2 is 1.00 bits per heavy atom. The lowest BCUT2D eigenvalue weighted by Crippen LogP contribution is -2.51. The molecule has 2 nitrogen and oxygen atoms in total. The molecular formula is C25H25BN2. The van der Waals surface area contributed by atoms with E-state index in [2.05, 4.69) is 96.0 Å². The highest BCUT2D eigenvalue weighted by Crippen LogP contribution is 2.09. The smallest absolute Gasteiger partial charge is 0.241 e. The average Bonchev–Trinajstić information content (AvgIpc) is 2.75. The summed E-state index contributed by atoms with van der Waals surface area (Å²) in [6.45, 7) is 4.30. The molecular weight excluding hydrogens is 339 g/mol. The Labute approximate surface area is 168 Å². The van der Waals surface area contributed by atoms with E-state index in [4.69, 9.17) is 5.73 Å². The van der Waals surface area contributed by atoms with Crippen LogP contribution in [0.2, 0.25) is 0 Å². The van der Waals surface area contributed by atoms with Crippen LogP contribution in [-0.4, -0.2) is 11.7 Å². The van der Waals surface area contributed by atoms with Gasteiger partial charge in [0.15, 0.2) is 0 Å². The summed E-state index contributed by atoms with van der Waals surface area (Å²) in [5.74, 6) is 0.634. The first kappa shape index (κ1) is 19.4. The molecule has 0 aliphatic heterocycles. The molecule has 0 bridgehead atoms. The van der Waals surface area contributed by atoms with E-state index < -0.39 is 0 Å². The van der Waals surface area contributed by atoms with Crippen LogP contribution in [0.1, 0.15) is 11.1 Å². The Morgan fingerprint density at radius 1 is 0.607 bits per heavy atom. The molecule has 4 rings (SSSR count). The minimum absolute atomic E-state index is 0.309. The number of nitrogen functional groups attached to an aromatic ring is 1. The zero-order chi connectivity index (χ0) is 19.8. The van der Waals surface area contributed by atoms with Gasteiger partial charge in [-0.05, 0) is 31.0 Å². The second kappa shape index (κ2) is 9.56. The van der Waals surface area contributed by atoms with Crippen LogP contribution in [0, 0.1) is 13.8 Å². The van der Waals surface area contributed by atoms with Gasteiger partial charge in [-0.3, -0.25) is 0 Å². The molecule has 2 N–H and O–H groups in total. The normalized spacial score (nSPS) is 9.93. The van der Waals surface area contributed by atoms with E-state index in [1.165, 1.54) is 22.0 Å². The highest BCUT2D eigenvalue weighted by molar-refractivity contribution is 6.95. The number of aromatic nitrogens is 1. The third-order valence-electron chi connectivity index (χ3n) is 4.91. The highest BCUT2D eigenvalue weighted by Gasteiger charge is 2.20. The number of pyridine rings is 1. The molecule has 138 valence electrons. The second-order valence-corrected chi connectivity index (χ2v) is 6.80. The van der Waals surface area contributed by atoms with Crippen molar-refractivity contribution in [2.45, 2.75) is 13.8 Å². The average molecular weight is 364 g/mol. The summed E-state index contributed by atoms with van der Waals surface area (Å²) in [5, 5.41) is 0. The standard InChI is InChI=1S/C18H15B.C7H10N2/c1-4-10-16(11-5-1)19(17-12-6-2-7-13-17)18-14-8-3-9-15-18;1-5-3-4-9-7(8)6(5)2/h1-15H;3-4H,1-2H3,(H2,8,9). The summed E-state index contributed by atoms with van der Waals surface area (Å²) in [7, 11) is 0. The van der Waals surface area contributed by atoms with Crippen molar-refractivity contribution in [3.05, 3.63) is 114 Å². The predicted molar refractivity (Wildman–Crippen MR) is 122 cm³/mol. The molecule has 1 aromatic heterocycles. The molecule has 0 aliphatic rings. The quantitative estimate of drug-likeness (QED) is 0.566. The number of nitrogens with two attached hydrogens (primary N) is 1. The van der Waals surface area contributed by atoms with Crippen LogP contribution in [0.3, 0.4) is 0 Å². The van der Waals surface area contributed by atoms with Crippen molar-refractivity contribution in [3.63, 3.8) is 0 Å². The van der Waals surface area contributed by atoms with E-state index in [9.17, 15) is 0 Å². The maximum atomic E-state index is 5.51. The first-order valence-corrected chi connectivity index (χ1v) is 9.49. The number of hydrogen-bond donors (Lipinski definition) is 1. The van der Waals surface area contributed by atoms with Gasteiger partial charge in [0.05, 0.1) is 0 Å². The van der Waals surface area contributed by atoms with Crippen LogP contribution in [-0.2, 0) is 0 Å². The third kappa shape index (κ3) is 4.89. The maximum Gasteiger partial charge on any atom is 0.241 e. The van der Waals surface area contributed by atoms with Crippen LogP contribution in [0.4, 0.5) is 5.82 Å². The molecule has 0 radical (unpaired) electrons. The minimum atomic E-state index is 0.309. The van der Waals surface area contributed by atoms with Crippen molar-refractivity contribution in [2.24, 2.45) is 0 Å². The molecule has 3 heteroatoms. The Bertz CT molecular complexity index is 873. The summed E-state index contributed by atoms with van der Waals surface area (Å²) in [6.07, 6.45) is 1.72. The fourth-order valence-corrected chi connectivity index (χ4v) is 3.17. The van der Waals surface area contributed by atoms with Gasteiger partial charge < -0.3 is 5.73 Å². The van der Waals surface area contributed by atoms with Gasteiger partial charge >= 0.3 is 0 Å². The number of nitrogens with zero attached hydrogens (tertiary/aromatic N) is 1. The zero-order valence-corrected chi connectivity index (χ0v) is 16.4. The third-order valence-corrected chi connectivity index (χ3v) is 4.91. The Balaban J connectivity index is 0.000000211. The summed E-state index contributed by atoms with van der Waals surface area (Å²) in [5.41, 5.74) is 11.8.